The van der Waals surface area contributed by atoms with Crippen molar-refractivity contribution in [3.05, 3.63) is 17.7 Å². The highest BCUT2D eigenvalue weighted by Crippen LogP contribution is 2.38. The fraction of sp³-hybridized carbons (Fsp3) is 0.462. The van der Waals surface area contributed by atoms with Crippen LogP contribution in [-0.4, -0.2) is 40.3 Å². The zero-order valence-corrected chi connectivity index (χ0v) is 11.5. The minimum Gasteiger partial charge on any atom is -0.493 e. The molecule has 0 aliphatic rings. The third-order valence-corrected chi connectivity index (χ3v) is 2.56. The Bertz CT molecular complexity index is 410. The van der Waals surface area contributed by atoms with Gasteiger partial charge in [0.15, 0.2) is 11.5 Å². The van der Waals surface area contributed by atoms with Crippen molar-refractivity contribution in [2.75, 3.05) is 34.4 Å². The van der Waals surface area contributed by atoms with Crippen LogP contribution in [0.2, 0.25) is 0 Å². The molecule has 1 aromatic carbocycles. The second-order valence-electron chi connectivity index (χ2n) is 3.85. The molecule has 1 aromatic rings. The second-order valence-corrected chi connectivity index (χ2v) is 3.85. The van der Waals surface area contributed by atoms with E-state index < -0.39 is 0 Å². The lowest BCUT2D eigenvalue weighted by atomic mass is 10.1. The van der Waals surface area contributed by atoms with Gasteiger partial charge in [0.25, 0.3) is 0 Å². The van der Waals surface area contributed by atoms with Gasteiger partial charge in [-0.3, -0.25) is 4.79 Å². The summed E-state index contributed by atoms with van der Waals surface area (Å²) in [5, 5.41) is 2.71. The maximum Gasteiger partial charge on any atom is 0.224 e. The van der Waals surface area contributed by atoms with Gasteiger partial charge in [-0.15, -0.1) is 0 Å². The van der Waals surface area contributed by atoms with E-state index in [9.17, 15) is 4.79 Å². The van der Waals surface area contributed by atoms with Crippen molar-refractivity contribution in [1.82, 2.24) is 5.32 Å². The van der Waals surface area contributed by atoms with Crippen LogP contribution >= 0.6 is 0 Å². The van der Waals surface area contributed by atoms with E-state index in [1.165, 1.54) is 21.3 Å². The average molecular weight is 268 g/mol. The summed E-state index contributed by atoms with van der Waals surface area (Å²) >= 11 is 0. The number of amides is 1. The second kappa shape index (κ2) is 7.48. The minimum absolute atomic E-state index is 0.0975. The standard InChI is InChI=1S/C13H20N2O4/c1-17-10-6-9(8-12(16)15-5-4-14)7-11(18-2)13(10)19-3/h6-7H,4-5,8,14H2,1-3H3,(H,15,16). The maximum absolute atomic E-state index is 11.6. The van der Waals surface area contributed by atoms with E-state index >= 15 is 0 Å². The summed E-state index contributed by atoms with van der Waals surface area (Å²) in [5.74, 6) is 1.47. The zero-order chi connectivity index (χ0) is 14.3. The summed E-state index contributed by atoms with van der Waals surface area (Å²) in [7, 11) is 4.61. The van der Waals surface area contributed by atoms with Crippen molar-refractivity contribution in [2.24, 2.45) is 5.73 Å². The highest BCUT2D eigenvalue weighted by molar-refractivity contribution is 5.79. The van der Waals surface area contributed by atoms with E-state index in [4.69, 9.17) is 19.9 Å². The van der Waals surface area contributed by atoms with E-state index in [0.29, 0.717) is 30.3 Å². The van der Waals surface area contributed by atoms with Crippen LogP contribution in [0.25, 0.3) is 0 Å². The van der Waals surface area contributed by atoms with Crippen molar-refractivity contribution >= 4 is 5.91 Å². The molecule has 0 saturated heterocycles. The third-order valence-electron chi connectivity index (χ3n) is 2.56. The van der Waals surface area contributed by atoms with Gasteiger partial charge in [-0.1, -0.05) is 0 Å². The van der Waals surface area contributed by atoms with Crippen LogP contribution in [0, 0.1) is 0 Å². The predicted molar refractivity (Wildman–Crippen MR) is 71.9 cm³/mol. The smallest absolute Gasteiger partial charge is 0.224 e. The monoisotopic (exact) mass is 268 g/mol. The number of carbonyl (C=O) groups is 1. The lowest BCUT2D eigenvalue weighted by Crippen LogP contribution is -2.30. The molecule has 0 aromatic heterocycles. The lowest BCUT2D eigenvalue weighted by molar-refractivity contribution is -0.120. The van der Waals surface area contributed by atoms with E-state index in [-0.39, 0.29) is 12.3 Å². The van der Waals surface area contributed by atoms with Gasteiger partial charge in [0.2, 0.25) is 11.7 Å². The van der Waals surface area contributed by atoms with E-state index in [2.05, 4.69) is 5.32 Å². The fourth-order valence-electron chi connectivity index (χ4n) is 1.70. The number of nitrogens with one attached hydrogen (secondary N) is 1. The highest BCUT2D eigenvalue weighted by atomic mass is 16.5. The Morgan fingerprint density at radius 1 is 1.16 bits per heavy atom. The minimum atomic E-state index is -0.0975. The Morgan fingerprint density at radius 3 is 2.16 bits per heavy atom. The van der Waals surface area contributed by atoms with Crippen molar-refractivity contribution in [3.8, 4) is 17.2 Å². The first-order valence-electron chi connectivity index (χ1n) is 5.91. The topological polar surface area (TPSA) is 82.8 Å². The first kappa shape index (κ1) is 15.1. The number of hydrogen-bond acceptors (Lipinski definition) is 5. The van der Waals surface area contributed by atoms with E-state index in [1.54, 1.807) is 12.1 Å². The Kier molecular flexibility index (Phi) is 5.95. The van der Waals surface area contributed by atoms with Crippen LogP contribution in [0.1, 0.15) is 5.56 Å². The van der Waals surface area contributed by atoms with Crippen molar-refractivity contribution < 1.29 is 19.0 Å². The molecular weight excluding hydrogens is 248 g/mol. The molecule has 1 rings (SSSR count). The molecule has 0 saturated carbocycles. The Balaban J connectivity index is 2.93. The fourth-order valence-corrected chi connectivity index (χ4v) is 1.70. The predicted octanol–water partition coefficient (Wildman–Crippen LogP) is 0.330. The number of carbonyl (C=O) groups excluding carboxylic acids is 1. The summed E-state index contributed by atoms with van der Waals surface area (Å²) in [6.45, 7) is 0.879. The first-order valence-corrected chi connectivity index (χ1v) is 5.91. The quantitative estimate of drug-likeness (QED) is 0.744. The molecule has 3 N–H and O–H groups in total. The Labute approximate surface area is 112 Å². The summed E-state index contributed by atoms with van der Waals surface area (Å²) in [6.07, 6.45) is 0.233. The Hall–Kier alpha value is -1.95. The largest absolute Gasteiger partial charge is 0.493 e. The molecule has 0 heterocycles. The molecule has 0 radical (unpaired) electrons. The number of rotatable bonds is 7. The first-order chi connectivity index (χ1) is 9.15. The van der Waals surface area contributed by atoms with Crippen molar-refractivity contribution in [2.45, 2.75) is 6.42 Å². The number of benzene rings is 1. The molecule has 0 spiro atoms. The van der Waals surface area contributed by atoms with E-state index in [1.807, 2.05) is 0 Å². The normalized spacial score (nSPS) is 9.89. The van der Waals surface area contributed by atoms with Gasteiger partial charge in [0.1, 0.15) is 0 Å². The molecule has 0 fully saturated rings. The van der Waals surface area contributed by atoms with Crippen LogP contribution in [0.5, 0.6) is 17.2 Å². The summed E-state index contributed by atoms with van der Waals surface area (Å²) in [4.78, 5) is 11.6. The van der Waals surface area contributed by atoms with Crippen LogP contribution < -0.4 is 25.3 Å². The van der Waals surface area contributed by atoms with Crippen LogP contribution in [-0.2, 0) is 11.2 Å². The number of methoxy groups -OCH3 is 3. The van der Waals surface area contributed by atoms with Gasteiger partial charge >= 0.3 is 0 Å². The molecule has 19 heavy (non-hydrogen) atoms. The number of hydrogen-bond donors (Lipinski definition) is 2. The molecule has 6 nitrogen and oxygen atoms in total. The van der Waals surface area contributed by atoms with Gasteiger partial charge in [-0.25, -0.2) is 0 Å². The third kappa shape index (κ3) is 4.03. The zero-order valence-electron chi connectivity index (χ0n) is 11.5. The SMILES string of the molecule is COc1cc(CC(=O)NCCN)cc(OC)c1OC. The Morgan fingerprint density at radius 2 is 1.74 bits per heavy atom. The molecule has 6 heteroatoms. The maximum atomic E-state index is 11.6. The molecule has 0 bridgehead atoms. The van der Waals surface area contributed by atoms with Crippen LogP contribution in [0.3, 0.4) is 0 Å². The number of ether oxygens (including phenoxy) is 3. The van der Waals surface area contributed by atoms with Gasteiger partial charge < -0.3 is 25.3 Å². The number of nitrogens with two attached hydrogens (primary N) is 1. The van der Waals surface area contributed by atoms with Crippen LogP contribution in [0.15, 0.2) is 12.1 Å². The lowest BCUT2D eigenvalue weighted by Gasteiger charge is -2.14. The molecule has 0 aliphatic carbocycles. The van der Waals surface area contributed by atoms with Crippen LogP contribution in [0.4, 0.5) is 0 Å². The molecular formula is C13H20N2O4. The van der Waals surface area contributed by atoms with Gasteiger partial charge in [0.05, 0.1) is 27.8 Å². The molecule has 106 valence electrons. The summed E-state index contributed by atoms with van der Waals surface area (Å²) in [6, 6.07) is 3.51. The summed E-state index contributed by atoms with van der Waals surface area (Å²) in [5.41, 5.74) is 6.11. The van der Waals surface area contributed by atoms with Crippen molar-refractivity contribution in [1.29, 1.82) is 0 Å². The van der Waals surface area contributed by atoms with Gasteiger partial charge in [-0.2, -0.15) is 0 Å². The van der Waals surface area contributed by atoms with Gasteiger partial charge in [-0.05, 0) is 17.7 Å². The van der Waals surface area contributed by atoms with E-state index in [0.717, 1.165) is 5.56 Å². The summed E-state index contributed by atoms with van der Waals surface area (Å²) < 4.78 is 15.7. The average Bonchev–Trinajstić information content (AvgIpc) is 2.43. The molecule has 1 amide bonds. The highest BCUT2D eigenvalue weighted by Gasteiger charge is 2.14. The van der Waals surface area contributed by atoms with Crippen molar-refractivity contribution in [3.63, 3.8) is 0 Å². The molecule has 0 unspecified atom stereocenters. The van der Waals surface area contributed by atoms with Gasteiger partial charge in [0, 0.05) is 13.1 Å². The molecule has 0 aliphatic heterocycles. The molecule has 0 atom stereocenters.